The van der Waals surface area contributed by atoms with E-state index in [1.807, 2.05) is 4.90 Å². The fourth-order valence-electron chi connectivity index (χ4n) is 3.42. The van der Waals surface area contributed by atoms with Gasteiger partial charge >= 0.3 is 0 Å². The number of amides is 1. The van der Waals surface area contributed by atoms with E-state index in [4.69, 9.17) is 5.26 Å². The van der Waals surface area contributed by atoms with Crippen molar-refractivity contribution in [2.75, 3.05) is 13.1 Å². The summed E-state index contributed by atoms with van der Waals surface area (Å²) in [6, 6.07) is 1.26. The third kappa shape index (κ3) is 3.40. The van der Waals surface area contributed by atoms with Crippen molar-refractivity contribution >= 4 is 5.91 Å². The Balaban J connectivity index is 1.66. The average Bonchev–Trinajstić information content (AvgIpc) is 3.36. The van der Waals surface area contributed by atoms with Crippen molar-refractivity contribution in [3.05, 3.63) is 0 Å². The zero-order chi connectivity index (χ0) is 16.0. The predicted octanol–water partition coefficient (Wildman–Crippen LogP) is 2.45. The highest BCUT2D eigenvalue weighted by atomic mass is 19.3. The molecule has 1 heterocycles. The van der Waals surface area contributed by atoms with Crippen molar-refractivity contribution in [3.63, 3.8) is 0 Å². The zero-order valence-electron chi connectivity index (χ0n) is 13.0. The van der Waals surface area contributed by atoms with E-state index >= 15 is 0 Å². The minimum atomic E-state index is -2.89. The summed E-state index contributed by atoms with van der Waals surface area (Å²) in [5.74, 6) is -3.30. The first-order valence-electron chi connectivity index (χ1n) is 8.12. The van der Waals surface area contributed by atoms with Gasteiger partial charge in [0, 0.05) is 6.42 Å². The van der Waals surface area contributed by atoms with Gasteiger partial charge in [0.25, 0.3) is 0 Å². The molecule has 0 radical (unpaired) electrons. The standard InChI is InChI=1S/C16H23F2N3O/c1-14(17,18)10-12(13(22)20-16(11-19)4-5-16)21-8-6-15(2-3-15)7-9-21/h12H,2-10H2,1H3,(H,20,22)/t12-/m0/s1. The Morgan fingerprint density at radius 1 is 1.27 bits per heavy atom. The lowest BCUT2D eigenvalue weighted by atomic mass is 9.91. The monoisotopic (exact) mass is 311 g/mol. The smallest absolute Gasteiger partial charge is 0.247 e. The van der Waals surface area contributed by atoms with Gasteiger partial charge in [0.05, 0.1) is 12.1 Å². The van der Waals surface area contributed by atoms with Crippen LogP contribution < -0.4 is 5.32 Å². The Kier molecular flexibility index (Phi) is 3.67. The lowest BCUT2D eigenvalue weighted by Crippen LogP contribution is -2.54. The van der Waals surface area contributed by atoms with E-state index in [1.165, 1.54) is 12.8 Å². The number of carbonyl (C=O) groups excluding carboxylic acids is 1. The molecule has 3 aliphatic rings. The Bertz CT molecular complexity index is 491. The molecule has 1 spiro atoms. The summed E-state index contributed by atoms with van der Waals surface area (Å²) in [4.78, 5) is 14.4. The lowest BCUT2D eigenvalue weighted by Gasteiger charge is -2.38. The van der Waals surface area contributed by atoms with Gasteiger partial charge in [-0.2, -0.15) is 5.26 Å². The summed E-state index contributed by atoms with van der Waals surface area (Å²) in [5.41, 5.74) is -0.359. The van der Waals surface area contributed by atoms with Crippen molar-refractivity contribution < 1.29 is 13.6 Å². The van der Waals surface area contributed by atoms with Gasteiger partial charge in [-0.3, -0.25) is 9.69 Å². The van der Waals surface area contributed by atoms with Crippen LogP contribution in [0.3, 0.4) is 0 Å². The number of nitrogens with zero attached hydrogens (tertiary/aromatic N) is 2. The molecule has 2 saturated carbocycles. The van der Waals surface area contributed by atoms with Gasteiger partial charge in [-0.15, -0.1) is 0 Å². The summed E-state index contributed by atoms with van der Waals surface area (Å²) >= 11 is 0. The van der Waals surface area contributed by atoms with E-state index in [-0.39, 0.29) is 0 Å². The molecule has 3 fully saturated rings. The molecule has 1 atom stereocenters. The molecule has 1 aliphatic heterocycles. The minimum Gasteiger partial charge on any atom is -0.336 e. The molecule has 0 unspecified atom stereocenters. The Labute approximate surface area is 129 Å². The summed E-state index contributed by atoms with van der Waals surface area (Å²) in [6.07, 6.45) is 5.22. The van der Waals surface area contributed by atoms with E-state index in [0.717, 1.165) is 19.8 Å². The number of hydrogen-bond donors (Lipinski definition) is 1. The van der Waals surface area contributed by atoms with E-state index < -0.39 is 29.8 Å². The van der Waals surface area contributed by atoms with E-state index in [1.54, 1.807) is 0 Å². The van der Waals surface area contributed by atoms with Gasteiger partial charge in [0.2, 0.25) is 11.8 Å². The van der Waals surface area contributed by atoms with Crippen molar-refractivity contribution in [1.82, 2.24) is 10.2 Å². The maximum atomic E-state index is 13.5. The second-order valence-electron chi connectivity index (χ2n) is 7.51. The van der Waals surface area contributed by atoms with Gasteiger partial charge in [0.15, 0.2) is 0 Å². The quantitative estimate of drug-likeness (QED) is 0.848. The van der Waals surface area contributed by atoms with Crippen LogP contribution in [-0.2, 0) is 4.79 Å². The lowest BCUT2D eigenvalue weighted by molar-refractivity contribution is -0.131. The van der Waals surface area contributed by atoms with Crippen LogP contribution in [0.1, 0.15) is 51.9 Å². The Hall–Kier alpha value is -1.22. The van der Waals surface area contributed by atoms with Gasteiger partial charge in [-0.1, -0.05) is 0 Å². The zero-order valence-corrected chi connectivity index (χ0v) is 13.0. The van der Waals surface area contributed by atoms with Crippen molar-refractivity contribution in [3.8, 4) is 6.07 Å². The molecule has 0 aromatic rings. The topological polar surface area (TPSA) is 56.1 Å². The van der Waals surface area contributed by atoms with Crippen LogP contribution in [0.5, 0.6) is 0 Å². The van der Waals surface area contributed by atoms with Gasteiger partial charge in [-0.25, -0.2) is 8.78 Å². The summed E-state index contributed by atoms with van der Waals surface area (Å²) in [7, 11) is 0. The molecule has 122 valence electrons. The second kappa shape index (κ2) is 5.16. The molecule has 4 nitrogen and oxygen atoms in total. The molecule has 1 N–H and O–H groups in total. The number of halogens is 2. The highest BCUT2D eigenvalue weighted by Gasteiger charge is 2.49. The molecule has 22 heavy (non-hydrogen) atoms. The Morgan fingerprint density at radius 3 is 2.27 bits per heavy atom. The van der Waals surface area contributed by atoms with Crippen LogP contribution in [0.4, 0.5) is 8.78 Å². The van der Waals surface area contributed by atoms with Crippen molar-refractivity contribution in [2.24, 2.45) is 5.41 Å². The number of likely N-dealkylation sites (tertiary alicyclic amines) is 1. The molecule has 1 saturated heterocycles. The molecule has 3 rings (SSSR count). The summed E-state index contributed by atoms with van der Waals surface area (Å²) < 4.78 is 27.0. The van der Waals surface area contributed by atoms with Gasteiger partial charge in [-0.05, 0) is 64.0 Å². The van der Waals surface area contributed by atoms with Crippen molar-refractivity contribution in [2.45, 2.75) is 69.4 Å². The molecule has 2 aliphatic carbocycles. The fraction of sp³-hybridized carbons (Fsp3) is 0.875. The van der Waals surface area contributed by atoms with Gasteiger partial charge < -0.3 is 5.32 Å². The number of carbonyl (C=O) groups is 1. The molecular formula is C16H23F2N3O. The molecule has 0 aromatic heterocycles. The normalized spacial score (nSPS) is 27.0. The number of piperidine rings is 1. The third-order valence-corrected chi connectivity index (χ3v) is 5.44. The van der Waals surface area contributed by atoms with Gasteiger partial charge in [0.1, 0.15) is 5.54 Å². The summed E-state index contributed by atoms with van der Waals surface area (Å²) in [6.45, 7) is 2.26. The molecule has 6 heteroatoms. The van der Waals surface area contributed by atoms with Crippen LogP contribution in [-0.4, -0.2) is 41.4 Å². The number of nitriles is 1. The van der Waals surface area contributed by atoms with E-state index in [9.17, 15) is 13.6 Å². The number of hydrogen-bond acceptors (Lipinski definition) is 3. The number of alkyl halides is 2. The highest BCUT2D eigenvalue weighted by Crippen LogP contribution is 2.53. The van der Waals surface area contributed by atoms with Crippen LogP contribution in [0.15, 0.2) is 0 Å². The summed E-state index contributed by atoms with van der Waals surface area (Å²) in [5, 5.41) is 11.8. The van der Waals surface area contributed by atoms with Crippen LogP contribution in [0.25, 0.3) is 0 Å². The Morgan fingerprint density at radius 2 is 1.86 bits per heavy atom. The predicted molar refractivity (Wildman–Crippen MR) is 77.2 cm³/mol. The second-order valence-corrected chi connectivity index (χ2v) is 7.51. The maximum absolute atomic E-state index is 13.5. The van der Waals surface area contributed by atoms with E-state index in [2.05, 4.69) is 11.4 Å². The molecule has 0 bridgehead atoms. The van der Waals surface area contributed by atoms with Crippen LogP contribution in [0.2, 0.25) is 0 Å². The maximum Gasteiger partial charge on any atom is 0.247 e. The SMILES string of the molecule is CC(F)(F)C[C@@H](C(=O)NC1(C#N)CC1)N1CCC2(CC1)CC2. The first-order valence-corrected chi connectivity index (χ1v) is 8.12. The molecular weight excluding hydrogens is 288 g/mol. The molecule has 1 amide bonds. The first kappa shape index (κ1) is 15.7. The highest BCUT2D eigenvalue weighted by molar-refractivity contribution is 5.83. The van der Waals surface area contributed by atoms with Crippen LogP contribution in [0, 0.1) is 16.7 Å². The van der Waals surface area contributed by atoms with Crippen LogP contribution >= 0.6 is 0 Å². The number of nitrogens with one attached hydrogen (secondary N) is 1. The fourth-order valence-corrected chi connectivity index (χ4v) is 3.42. The van der Waals surface area contributed by atoms with Crippen molar-refractivity contribution in [1.29, 1.82) is 5.26 Å². The largest absolute Gasteiger partial charge is 0.336 e. The average molecular weight is 311 g/mol. The third-order valence-electron chi connectivity index (χ3n) is 5.44. The molecule has 0 aromatic carbocycles. The number of rotatable bonds is 5. The van der Waals surface area contributed by atoms with E-state index in [0.29, 0.717) is 31.3 Å². The minimum absolute atomic E-state index is 0.410. The first-order chi connectivity index (χ1) is 10.3.